The van der Waals surface area contributed by atoms with E-state index < -0.39 is 0 Å². The molecule has 1 N–H and O–H groups in total. The molecule has 1 aromatic rings. The summed E-state index contributed by atoms with van der Waals surface area (Å²) < 4.78 is 5.66. The summed E-state index contributed by atoms with van der Waals surface area (Å²) in [6.07, 6.45) is 2.65. The molecule has 0 spiro atoms. The van der Waals surface area contributed by atoms with Gasteiger partial charge in [0.2, 0.25) is 0 Å². The summed E-state index contributed by atoms with van der Waals surface area (Å²) in [5.41, 5.74) is 1.72. The van der Waals surface area contributed by atoms with Crippen LogP contribution >= 0.6 is 15.9 Å². The molecule has 0 aromatic heterocycles. The number of esters is 1. The molecule has 21 heavy (non-hydrogen) atoms. The zero-order valence-electron chi connectivity index (χ0n) is 12.7. The second kappa shape index (κ2) is 7.92. The van der Waals surface area contributed by atoms with E-state index in [1.165, 1.54) is 33.0 Å². The van der Waals surface area contributed by atoms with E-state index in [0.717, 1.165) is 23.1 Å². The van der Waals surface area contributed by atoms with Crippen molar-refractivity contribution in [3.05, 3.63) is 33.8 Å². The third kappa shape index (κ3) is 4.80. The van der Waals surface area contributed by atoms with E-state index in [9.17, 15) is 4.79 Å². The second-order valence-electron chi connectivity index (χ2n) is 5.59. The van der Waals surface area contributed by atoms with Crippen LogP contribution in [0, 0.1) is 0 Å². The van der Waals surface area contributed by atoms with Gasteiger partial charge < -0.3 is 15.0 Å². The molecule has 0 radical (unpaired) electrons. The SMILES string of the molecule is COC(=O)c1ccc(CNC(C)CN2CCCC2)c(Br)c1. The molecule has 2 rings (SSSR count). The van der Waals surface area contributed by atoms with E-state index in [4.69, 9.17) is 4.74 Å². The summed E-state index contributed by atoms with van der Waals surface area (Å²) in [6.45, 7) is 6.55. The minimum atomic E-state index is -0.308. The first-order valence-electron chi connectivity index (χ1n) is 7.42. The lowest BCUT2D eigenvalue weighted by Crippen LogP contribution is -2.37. The molecule has 0 amide bonds. The topological polar surface area (TPSA) is 41.6 Å². The standard InChI is InChI=1S/C16H23BrN2O2/c1-12(11-19-7-3-4-8-19)18-10-14-6-5-13(9-15(14)17)16(20)21-2/h5-6,9,12,18H,3-4,7-8,10-11H2,1-2H3. The van der Waals surface area contributed by atoms with E-state index in [1.807, 2.05) is 12.1 Å². The van der Waals surface area contributed by atoms with Gasteiger partial charge in [0.15, 0.2) is 0 Å². The summed E-state index contributed by atoms with van der Waals surface area (Å²) in [6, 6.07) is 6.04. The lowest BCUT2D eigenvalue weighted by Gasteiger charge is -2.21. The zero-order chi connectivity index (χ0) is 15.2. The highest BCUT2D eigenvalue weighted by Crippen LogP contribution is 2.19. The van der Waals surface area contributed by atoms with Gasteiger partial charge in [0.25, 0.3) is 0 Å². The Kier molecular flexibility index (Phi) is 6.21. The molecule has 1 aliphatic rings. The van der Waals surface area contributed by atoms with Gasteiger partial charge in [-0.25, -0.2) is 4.79 Å². The smallest absolute Gasteiger partial charge is 0.337 e. The monoisotopic (exact) mass is 354 g/mol. The van der Waals surface area contributed by atoms with Crippen molar-refractivity contribution in [1.29, 1.82) is 0 Å². The number of carbonyl (C=O) groups excluding carboxylic acids is 1. The van der Waals surface area contributed by atoms with Crippen molar-refractivity contribution >= 4 is 21.9 Å². The van der Waals surface area contributed by atoms with Crippen LogP contribution in [-0.2, 0) is 11.3 Å². The van der Waals surface area contributed by atoms with Crippen LogP contribution in [-0.4, -0.2) is 43.7 Å². The molecular weight excluding hydrogens is 332 g/mol. The van der Waals surface area contributed by atoms with Gasteiger partial charge in [-0.2, -0.15) is 0 Å². The molecule has 4 nitrogen and oxygen atoms in total. The molecular formula is C16H23BrN2O2. The number of halogens is 1. The Hall–Kier alpha value is -0.910. The predicted octanol–water partition coefficient (Wildman–Crippen LogP) is 2.81. The number of rotatable bonds is 6. The Morgan fingerprint density at radius 1 is 1.43 bits per heavy atom. The van der Waals surface area contributed by atoms with Gasteiger partial charge in [0.05, 0.1) is 12.7 Å². The fourth-order valence-corrected chi connectivity index (χ4v) is 3.16. The average Bonchev–Trinajstić information content (AvgIpc) is 2.98. The van der Waals surface area contributed by atoms with Crippen molar-refractivity contribution in [3.63, 3.8) is 0 Å². The fraction of sp³-hybridized carbons (Fsp3) is 0.562. The van der Waals surface area contributed by atoms with Gasteiger partial charge >= 0.3 is 5.97 Å². The minimum absolute atomic E-state index is 0.308. The molecule has 5 heteroatoms. The first-order chi connectivity index (χ1) is 10.1. The maximum absolute atomic E-state index is 11.5. The van der Waals surface area contributed by atoms with Gasteiger partial charge in [-0.05, 0) is 50.6 Å². The van der Waals surface area contributed by atoms with Crippen LogP contribution in [0.1, 0.15) is 35.7 Å². The summed E-state index contributed by atoms with van der Waals surface area (Å²) >= 11 is 3.52. The van der Waals surface area contributed by atoms with Gasteiger partial charge in [0.1, 0.15) is 0 Å². The van der Waals surface area contributed by atoms with Crippen LogP contribution in [0.2, 0.25) is 0 Å². The van der Waals surface area contributed by atoms with Crippen LogP contribution in [0.5, 0.6) is 0 Å². The largest absolute Gasteiger partial charge is 0.465 e. The van der Waals surface area contributed by atoms with Crippen molar-refractivity contribution in [3.8, 4) is 0 Å². The van der Waals surface area contributed by atoms with Crippen LogP contribution in [0.25, 0.3) is 0 Å². The van der Waals surface area contributed by atoms with Crippen LogP contribution in [0.4, 0.5) is 0 Å². The Balaban J connectivity index is 1.86. The molecule has 1 aromatic carbocycles. The lowest BCUT2D eigenvalue weighted by molar-refractivity contribution is 0.0600. The zero-order valence-corrected chi connectivity index (χ0v) is 14.3. The molecule has 1 aliphatic heterocycles. The number of benzene rings is 1. The summed E-state index contributed by atoms with van der Waals surface area (Å²) in [7, 11) is 1.39. The van der Waals surface area contributed by atoms with Crippen molar-refractivity contribution < 1.29 is 9.53 Å². The Morgan fingerprint density at radius 3 is 2.76 bits per heavy atom. The lowest BCUT2D eigenvalue weighted by atomic mass is 10.1. The second-order valence-corrected chi connectivity index (χ2v) is 6.44. The molecule has 0 bridgehead atoms. The Labute approximate surface area is 135 Å². The van der Waals surface area contributed by atoms with Crippen molar-refractivity contribution in [2.45, 2.75) is 32.4 Å². The summed E-state index contributed by atoms with van der Waals surface area (Å²) in [4.78, 5) is 14.0. The fourth-order valence-electron chi connectivity index (χ4n) is 2.64. The van der Waals surface area contributed by atoms with Crippen LogP contribution in [0.15, 0.2) is 22.7 Å². The first kappa shape index (κ1) is 16.5. The highest BCUT2D eigenvalue weighted by Gasteiger charge is 2.14. The molecule has 0 saturated carbocycles. The highest BCUT2D eigenvalue weighted by atomic mass is 79.9. The van der Waals surface area contributed by atoms with Gasteiger partial charge in [-0.3, -0.25) is 0 Å². The maximum Gasteiger partial charge on any atom is 0.337 e. The average molecular weight is 355 g/mol. The molecule has 1 saturated heterocycles. The summed E-state index contributed by atoms with van der Waals surface area (Å²) in [5, 5.41) is 3.54. The quantitative estimate of drug-likeness (QED) is 0.797. The first-order valence-corrected chi connectivity index (χ1v) is 8.22. The number of methoxy groups -OCH3 is 1. The van der Waals surface area contributed by atoms with Crippen LogP contribution < -0.4 is 5.32 Å². The Morgan fingerprint density at radius 2 is 2.14 bits per heavy atom. The number of hydrogen-bond acceptors (Lipinski definition) is 4. The summed E-state index contributed by atoms with van der Waals surface area (Å²) in [5.74, 6) is -0.308. The molecule has 0 aliphatic carbocycles. The third-order valence-electron chi connectivity index (χ3n) is 3.85. The molecule has 1 fully saturated rings. The van der Waals surface area contributed by atoms with E-state index in [-0.39, 0.29) is 5.97 Å². The number of nitrogens with one attached hydrogen (secondary N) is 1. The van der Waals surface area contributed by atoms with E-state index in [0.29, 0.717) is 11.6 Å². The molecule has 1 unspecified atom stereocenters. The van der Waals surface area contributed by atoms with Crippen LogP contribution in [0.3, 0.4) is 0 Å². The van der Waals surface area contributed by atoms with Crippen molar-refractivity contribution in [1.82, 2.24) is 10.2 Å². The third-order valence-corrected chi connectivity index (χ3v) is 4.58. The van der Waals surface area contributed by atoms with Crippen molar-refractivity contribution in [2.24, 2.45) is 0 Å². The van der Waals surface area contributed by atoms with Crippen molar-refractivity contribution in [2.75, 3.05) is 26.7 Å². The van der Waals surface area contributed by atoms with Gasteiger partial charge in [-0.1, -0.05) is 22.0 Å². The van der Waals surface area contributed by atoms with Gasteiger partial charge in [-0.15, -0.1) is 0 Å². The minimum Gasteiger partial charge on any atom is -0.465 e. The highest BCUT2D eigenvalue weighted by molar-refractivity contribution is 9.10. The number of nitrogens with zero attached hydrogens (tertiary/aromatic N) is 1. The van der Waals surface area contributed by atoms with E-state index >= 15 is 0 Å². The number of carbonyl (C=O) groups is 1. The van der Waals surface area contributed by atoms with E-state index in [1.54, 1.807) is 6.07 Å². The number of likely N-dealkylation sites (tertiary alicyclic amines) is 1. The number of hydrogen-bond donors (Lipinski definition) is 1. The maximum atomic E-state index is 11.5. The molecule has 116 valence electrons. The predicted molar refractivity (Wildman–Crippen MR) is 87.5 cm³/mol. The number of ether oxygens (including phenoxy) is 1. The van der Waals surface area contributed by atoms with E-state index in [2.05, 4.69) is 33.1 Å². The normalized spacial score (nSPS) is 16.9. The molecule has 1 atom stereocenters. The van der Waals surface area contributed by atoms with Gasteiger partial charge in [0, 0.05) is 23.6 Å². The Bertz CT molecular complexity index is 487. The molecule has 1 heterocycles.